The zero-order valence-electron chi connectivity index (χ0n) is 8.88. The molecule has 2 atom stereocenters. The molecule has 2 unspecified atom stereocenters. The van der Waals surface area contributed by atoms with E-state index < -0.39 is 6.10 Å². The van der Waals surface area contributed by atoms with Crippen molar-refractivity contribution >= 4 is 10.9 Å². The summed E-state index contributed by atoms with van der Waals surface area (Å²) in [6.45, 7) is 3.75. The highest BCUT2D eigenvalue weighted by atomic mass is 16.3. The molecule has 0 saturated heterocycles. The Bertz CT molecular complexity index is 463. The van der Waals surface area contributed by atoms with Gasteiger partial charge in [-0.3, -0.25) is 0 Å². The highest BCUT2D eigenvalue weighted by molar-refractivity contribution is 5.80. The fourth-order valence-corrected chi connectivity index (χ4v) is 1.62. The first-order valence-electron chi connectivity index (χ1n) is 5.08. The van der Waals surface area contributed by atoms with Crippen LogP contribution in [0.3, 0.4) is 0 Å². The van der Waals surface area contributed by atoms with Gasteiger partial charge in [-0.2, -0.15) is 0 Å². The SMILES string of the molecule is CC(O)C(C)c1ncnc2ccccc12. The van der Waals surface area contributed by atoms with Crippen LogP contribution in [-0.2, 0) is 0 Å². The first-order chi connectivity index (χ1) is 7.20. The number of hydrogen-bond acceptors (Lipinski definition) is 3. The lowest BCUT2D eigenvalue weighted by Gasteiger charge is -2.15. The molecule has 15 heavy (non-hydrogen) atoms. The van der Waals surface area contributed by atoms with Crippen molar-refractivity contribution in [3.8, 4) is 0 Å². The predicted molar refractivity (Wildman–Crippen MR) is 59.6 cm³/mol. The van der Waals surface area contributed by atoms with Gasteiger partial charge in [0, 0.05) is 11.3 Å². The van der Waals surface area contributed by atoms with Crippen molar-refractivity contribution in [2.45, 2.75) is 25.9 Å². The molecule has 1 aromatic carbocycles. The van der Waals surface area contributed by atoms with Crippen LogP contribution in [-0.4, -0.2) is 21.2 Å². The van der Waals surface area contributed by atoms with Gasteiger partial charge in [0.05, 0.1) is 17.3 Å². The monoisotopic (exact) mass is 202 g/mol. The first kappa shape index (κ1) is 10.1. The Morgan fingerprint density at radius 3 is 2.60 bits per heavy atom. The third-order valence-corrected chi connectivity index (χ3v) is 2.73. The van der Waals surface area contributed by atoms with Gasteiger partial charge in [-0.05, 0) is 13.0 Å². The highest BCUT2D eigenvalue weighted by Crippen LogP contribution is 2.23. The van der Waals surface area contributed by atoms with E-state index in [2.05, 4.69) is 9.97 Å². The highest BCUT2D eigenvalue weighted by Gasteiger charge is 2.15. The molecule has 3 nitrogen and oxygen atoms in total. The van der Waals surface area contributed by atoms with Crippen LogP contribution in [0.15, 0.2) is 30.6 Å². The maximum Gasteiger partial charge on any atom is 0.116 e. The molecule has 1 aromatic heterocycles. The zero-order chi connectivity index (χ0) is 10.8. The Morgan fingerprint density at radius 2 is 1.87 bits per heavy atom. The lowest BCUT2D eigenvalue weighted by molar-refractivity contribution is 0.168. The van der Waals surface area contributed by atoms with Crippen LogP contribution < -0.4 is 0 Å². The Balaban J connectivity index is 2.60. The lowest BCUT2D eigenvalue weighted by Crippen LogP contribution is -2.13. The van der Waals surface area contributed by atoms with Gasteiger partial charge in [-0.25, -0.2) is 9.97 Å². The Morgan fingerprint density at radius 1 is 1.13 bits per heavy atom. The molecule has 0 aliphatic rings. The van der Waals surface area contributed by atoms with Crippen molar-refractivity contribution in [2.24, 2.45) is 0 Å². The summed E-state index contributed by atoms with van der Waals surface area (Å²) in [5.41, 5.74) is 1.84. The number of rotatable bonds is 2. The number of hydrogen-bond donors (Lipinski definition) is 1. The van der Waals surface area contributed by atoms with Gasteiger partial charge in [0.1, 0.15) is 6.33 Å². The van der Waals surface area contributed by atoms with Crippen LogP contribution in [0.4, 0.5) is 0 Å². The summed E-state index contributed by atoms with van der Waals surface area (Å²) in [4.78, 5) is 8.45. The standard InChI is InChI=1S/C12H14N2O/c1-8(9(2)15)12-10-5-3-4-6-11(10)13-7-14-12/h3-9,15H,1-2H3. The van der Waals surface area contributed by atoms with Crippen LogP contribution >= 0.6 is 0 Å². The van der Waals surface area contributed by atoms with Gasteiger partial charge >= 0.3 is 0 Å². The number of nitrogens with zero attached hydrogens (tertiary/aromatic N) is 2. The summed E-state index contributed by atoms with van der Waals surface area (Å²) >= 11 is 0. The quantitative estimate of drug-likeness (QED) is 0.811. The van der Waals surface area contributed by atoms with Crippen molar-refractivity contribution in [3.63, 3.8) is 0 Å². The second kappa shape index (κ2) is 3.95. The van der Waals surface area contributed by atoms with Gasteiger partial charge in [-0.15, -0.1) is 0 Å². The largest absolute Gasteiger partial charge is 0.393 e. The number of aromatic nitrogens is 2. The molecule has 0 saturated carbocycles. The topological polar surface area (TPSA) is 46.0 Å². The minimum absolute atomic E-state index is 0.0258. The molecule has 1 heterocycles. The van der Waals surface area contributed by atoms with Crippen LogP contribution in [0.5, 0.6) is 0 Å². The third kappa shape index (κ3) is 1.83. The number of benzene rings is 1. The molecule has 0 amide bonds. The van der Waals surface area contributed by atoms with Crippen molar-refractivity contribution in [2.75, 3.05) is 0 Å². The van der Waals surface area contributed by atoms with E-state index in [0.29, 0.717) is 0 Å². The zero-order valence-corrected chi connectivity index (χ0v) is 8.88. The number of para-hydroxylation sites is 1. The summed E-state index contributed by atoms with van der Waals surface area (Å²) in [6, 6.07) is 7.86. The Kier molecular flexibility index (Phi) is 2.64. The third-order valence-electron chi connectivity index (χ3n) is 2.73. The number of aliphatic hydroxyl groups is 1. The van der Waals surface area contributed by atoms with E-state index in [-0.39, 0.29) is 5.92 Å². The molecule has 0 aliphatic heterocycles. The van der Waals surface area contributed by atoms with E-state index in [1.165, 1.54) is 0 Å². The van der Waals surface area contributed by atoms with E-state index in [9.17, 15) is 5.11 Å². The lowest BCUT2D eigenvalue weighted by atomic mass is 9.98. The normalized spacial score (nSPS) is 15.1. The van der Waals surface area contributed by atoms with E-state index in [1.54, 1.807) is 13.3 Å². The molecule has 3 heteroatoms. The van der Waals surface area contributed by atoms with Gasteiger partial charge < -0.3 is 5.11 Å². The Labute approximate surface area is 88.8 Å². The number of aliphatic hydroxyl groups excluding tert-OH is 1. The van der Waals surface area contributed by atoms with Crippen LogP contribution in [0.1, 0.15) is 25.5 Å². The summed E-state index contributed by atoms with van der Waals surface area (Å²) in [5.74, 6) is 0.0258. The van der Waals surface area contributed by atoms with Crippen molar-refractivity contribution in [1.82, 2.24) is 9.97 Å². The fourth-order valence-electron chi connectivity index (χ4n) is 1.62. The maximum absolute atomic E-state index is 9.57. The molecule has 78 valence electrons. The van der Waals surface area contributed by atoms with E-state index >= 15 is 0 Å². The molecule has 0 radical (unpaired) electrons. The molecule has 2 aromatic rings. The van der Waals surface area contributed by atoms with Gasteiger partial charge in [0.25, 0.3) is 0 Å². The first-order valence-corrected chi connectivity index (χ1v) is 5.08. The Hall–Kier alpha value is -1.48. The molecular formula is C12H14N2O. The molecule has 1 N–H and O–H groups in total. The molecule has 0 aliphatic carbocycles. The molecule has 0 spiro atoms. The van der Waals surface area contributed by atoms with E-state index in [4.69, 9.17) is 0 Å². The second-order valence-corrected chi connectivity index (χ2v) is 3.81. The minimum atomic E-state index is -0.400. The van der Waals surface area contributed by atoms with Gasteiger partial charge in [-0.1, -0.05) is 25.1 Å². The van der Waals surface area contributed by atoms with Crippen LogP contribution in [0, 0.1) is 0 Å². The van der Waals surface area contributed by atoms with E-state index in [1.807, 2.05) is 31.2 Å². The predicted octanol–water partition coefficient (Wildman–Crippen LogP) is 2.11. The van der Waals surface area contributed by atoms with Crippen molar-refractivity contribution < 1.29 is 5.11 Å². The molecular weight excluding hydrogens is 188 g/mol. The fraction of sp³-hybridized carbons (Fsp3) is 0.333. The van der Waals surface area contributed by atoms with Gasteiger partial charge in [0.2, 0.25) is 0 Å². The van der Waals surface area contributed by atoms with Crippen molar-refractivity contribution in [3.05, 3.63) is 36.3 Å². The average molecular weight is 202 g/mol. The summed E-state index contributed by atoms with van der Waals surface area (Å²) in [6.07, 6.45) is 1.15. The van der Waals surface area contributed by atoms with Crippen LogP contribution in [0.25, 0.3) is 10.9 Å². The molecule has 2 rings (SSSR count). The summed E-state index contributed by atoms with van der Waals surface area (Å²) in [7, 11) is 0. The second-order valence-electron chi connectivity index (χ2n) is 3.81. The molecule has 0 fully saturated rings. The smallest absolute Gasteiger partial charge is 0.116 e. The average Bonchev–Trinajstić information content (AvgIpc) is 2.27. The minimum Gasteiger partial charge on any atom is -0.393 e. The molecule has 0 bridgehead atoms. The maximum atomic E-state index is 9.57. The van der Waals surface area contributed by atoms with E-state index in [0.717, 1.165) is 16.6 Å². The van der Waals surface area contributed by atoms with Crippen molar-refractivity contribution in [1.29, 1.82) is 0 Å². The summed E-state index contributed by atoms with van der Waals surface area (Å²) in [5, 5.41) is 10.6. The summed E-state index contributed by atoms with van der Waals surface area (Å²) < 4.78 is 0. The number of fused-ring (bicyclic) bond motifs is 1. The van der Waals surface area contributed by atoms with Crippen LogP contribution in [0.2, 0.25) is 0 Å². The van der Waals surface area contributed by atoms with Gasteiger partial charge in [0.15, 0.2) is 0 Å².